The van der Waals surface area contributed by atoms with E-state index < -0.39 is 0 Å². The van der Waals surface area contributed by atoms with Gasteiger partial charge in [0, 0.05) is 0 Å². The highest BCUT2D eigenvalue weighted by Gasteiger charge is 2.15. The van der Waals surface area contributed by atoms with Gasteiger partial charge in [-0.15, -0.1) is 0 Å². The third-order valence-corrected chi connectivity index (χ3v) is 6.39. The van der Waals surface area contributed by atoms with Crippen LogP contribution in [0.3, 0.4) is 0 Å². The lowest BCUT2D eigenvalue weighted by Gasteiger charge is -2.22. The van der Waals surface area contributed by atoms with Crippen LogP contribution in [0.2, 0.25) is 0 Å². The summed E-state index contributed by atoms with van der Waals surface area (Å²) in [5.74, 6) is 1.73. The van der Waals surface area contributed by atoms with E-state index in [1.807, 2.05) is 0 Å². The minimum Gasteiger partial charge on any atom is -0.0654 e. The Hall–Kier alpha value is -0.780. The molecule has 26 heavy (non-hydrogen) atoms. The summed E-state index contributed by atoms with van der Waals surface area (Å²) in [6, 6.07) is 5.19. The van der Waals surface area contributed by atoms with E-state index in [2.05, 4.69) is 53.7 Å². The zero-order chi connectivity index (χ0) is 19.4. The molecule has 0 radical (unpaired) electrons. The van der Waals surface area contributed by atoms with E-state index in [1.165, 1.54) is 77.0 Å². The SMILES string of the molecule is CCCCC(CC)Cc1cc(CC)c(CC(CC)CCCC)cc1CC. The molecule has 0 saturated carbocycles. The van der Waals surface area contributed by atoms with Gasteiger partial charge < -0.3 is 0 Å². The predicted molar refractivity (Wildman–Crippen MR) is 119 cm³/mol. The second-order valence-electron chi connectivity index (χ2n) is 8.34. The van der Waals surface area contributed by atoms with E-state index in [9.17, 15) is 0 Å². The van der Waals surface area contributed by atoms with Crippen molar-refractivity contribution >= 4 is 0 Å². The first-order valence-electron chi connectivity index (χ1n) is 11.8. The van der Waals surface area contributed by atoms with Gasteiger partial charge in [0.2, 0.25) is 0 Å². The molecule has 0 aliphatic carbocycles. The first kappa shape index (κ1) is 23.3. The van der Waals surface area contributed by atoms with E-state index >= 15 is 0 Å². The Morgan fingerprint density at radius 3 is 1.23 bits per heavy atom. The van der Waals surface area contributed by atoms with Crippen LogP contribution >= 0.6 is 0 Å². The third kappa shape index (κ3) is 7.45. The molecular formula is C26H46. The van der Waals surface area contributed by atoms with Crippen molar-refractivity contribution in [3.8, 4) is 0 Å². The Balaban J connectivity index is 3.01. The summed E-state index contributed by atoms with van der Waals surface area (Å²) in [7, 11) is 0. The quantitative estimate of drug-likeness (QED) is 0.313. The van der Waals surface area contributed by atoms with Crippen molar-refractivity contribution in [3.63, 3.8) is 0 Å². The molecule has 0 nitrogen and oxygen atoms in total. The molecule has 0 aliphatic heterocycles. The van der Waals surface area contributed by atoms with Gasteiger partial charge in [-0.05, 0) is 59.8 Å². The lowest BCUT2D eigenvalue weighted by Crippen LogP contribution is -2.10. The Labute approximate surface area is 165 Å². The van der Waals surface area contributed by atoms with Crippen molar-refractivity contribution in [2.24, 2.45) is 11.8 Å². The van der Waals surface area contributed by atoms with Gasteiger partial charge in [-0.3, -0.25) is 0 Å². The van der Waals surface area contributed by atoms with Crippen molar-refractivity contribution in [1.82, 2.24) is 0 Å². The fourth-order valence-corrected chi connectivity index (χ4v) is 4.34. The van der Waals surface area contributed by atoms with E-state index in [-0.39, 0.29) is 0 Å². The van der Waals surface area contributed by atoms with Gasteiger partial charge >= 0.3 is 0 Å². The normalized spacial score (nSPS) is 13.8. The topological polar surface area (TPSA) is 0 Å². The smallest absolute Gasteiger partial charge is 0.0248 e. The lowest BCUT2D eigenvalue weighted by atomic mass is 9.84. The summed E-state index contributed by atoms with van der Waals surface area (Å²) in [4.78, 5) is 0. The fraction of sp³-hybridized carbons (Fsp3) is 0.769. The van der Waals surface area contributed by atoms with Gasteiger partial charge in [0.1, 0.15) is 0 Å². The second-order valence-corrected chi connectivity index (χ2v) is 8.34. The van der Waals surface area contributed by atoms with Crippen molar-refractivity contribution in [2.75, 3.05) is 0 Å². The van der Waals surface area contributed by atoms with Crippen LogP contribution in [0.5, 0.6) is 0 Å². The molecule has 0 fully saturated rings. The average molecular weight is 359 g/mol. The molecule has 0 heterocycles. The maximum atomic E-state index is 2.59. The molecule has 0 amide bonds. The molecule has 0 bridgehead atoms. The van der Waals surface area contributed by atoms with Gasteiger partial charge in [0.05, 0.1) is 0 Å². The van der Waals surface area contributed by atoms with E-state index in [0.717, 1.165) is 11.8 Å². The molecule has 0 N–H and O–H groups in total. The highest BCUT2D eigenvalue weighted by Crippen LogP contribution is 2.28. The Bertz CT molecular complexity index is 439. The van der Waals surface area contributed by atoms with Gasteiger partial charge in [-0.2, -0.15) is 0 Å². The lowest BCUT2D eigenvalue weighted by molar-refractivity contribution is 0.444. The average Bonchev–Trinajstić information content (AvgIpc) is 2.68. The minimum atomic E-state index is 0.865. The maximum absolute atomic E-state index is 2.59. The molecule has 1 aromatic rings. The van der Waals surface area contributed by atoms with Crippen molar-refractivity contribution in [2.45, 2.75) is 119 Å². The van der Waals surface area contributed by atoms with Crippen molar-refractivity contribution in [1.29, 1.82) is 0 Å². The predicted octanol–water partition coefficient (Wildman–Crippen LogP) is 8.33. The maximum Gasteiger partial charge on any atom is -0.0248 e. The van der Waals surface area contributed by atoms with Crippen LogP contribution < -0.4 is 0 Å². The highest BCUT2D eigenvalue weighted by atomic mass is 14.2. The summed E-state index contributed by atoms with van der Waals surface area (Å²) in [5.41, 5.74) is 6.55. The van der Waals surface area contributed by atoms with Crippen LogP contribution in [0, 0.1) is 11.8 Å². The molecule has 0 spiro atoms. The van der Waals surface area contributed by atoms with Crippen LogP contribution in [0.1, 0.15) is 115 Å². The van der Waals surface area contributed by atoms with Crippen molar-refractivity contribution < 1.29 is 0 Å². The van der Waals surface area contributed by atoms with Gasteiger partial charge in [0.15, 0.2) is 0 Å². The number of unbranched alkanes of at least 4 members (excludes halogenated alkanes) is 2. The van der Waals surface area contributed by atoms with Crippen molar-refractivity contribution in [3.05, 3.63) is 34.4 Å². The zero-order valence-electron chi connectivity index (χ0n) is 18.8. The highest BCUT2D eigenvalue weighted by molar-refractivity contribution is 5.39. The van der Waals surface area contributed by atoms with E-state index in [1.54, 1.807) is 22.3 Å². The molecule has 0 heteroatoms. The molecule has 0 saturated heterocycles. The number of hydrogen-bond acceptors (Lipinski definition) is 0. The van der Waals surface area contributed by atoms with E-state index in [0.29, 0.717) is 0 Å². The summed E-state index contributed by atoms with van der Waals surface area (Å²) < 4.78 is 0. The number of aryl methyl sites for hydroxylation is 2. The van der Waals surface area contributed by atoms with Crippen LogP contribution in [0.4, 0.5) is 0 Å². The fourth-order valence-electron chi connectivity index (χ4n) is 4.34. The standard InChI is InChI=1S/C26H46/c1-7-13-15-21(9-3)17-25-19-24(12-6)26(20-23(25)11-5)18-22(10-4)16-14-8-2/h19-22H,7-18H2,1-6H3. The molecule has 2 unspecified atom stereocenters. The van der Waals surface area contributed by atoms with Crippen LogP contribution in [-0.2, 0) is 25.7 Å². The first-order valence-corrected chi connectivity index (χ1v) is 11.8. The summed E-state index contributed by atoms with van der Waals surface area (Å²) in [6.45, 7) is 14.1. The second kappa shape index (κ2) is 13.4. The molecule has 150 valence electrons. The summed E-state index contributed by atoms with van der Waals surface area (Å²) in [6.07, 6.45) is 15.8. The third-order valence-electron chi connectivity index (χ3n) is 6.39. The van der Waals surface area contributed by atoms with Gasteiger partial charge in [-0.25, -0.2) is 0 Å². The largest absolute Gasteiger partial charge is 0.0654 e. The number of benzene rings is 1. The summed E-state index contributed by atoms with van der Waals surface area (Å²) in [5, 5.41) is 0. The van der Waals surface area contributed by atoms with Gasteiger partial charge in [0.25, 0.3) is 0 Å². The molecule has 0 aliphatic rings. The first-order chi connectivity index (χ1) is 12.6. The molecule has 2 atom stereocenters. The van der Waals surface area contributed by atoms with E-state index in [4.69, 9.17) is 0 Å². The molecule has 0 aromatic heterocycles. The minimum absolute atomic E-state index is 0.865. The monoisotopic (exact) mass is 358 g/mol. The van der Waals surface area contributed by atoms with Crippen LogP contribution in [0.15, 0.2) is 12.1 Å². The summed E-state index contributed by atoms with van der Waals surface area (Å²) >= 11 is 0. The molecule has 1 rings (SSSR count). The Morgan fingerprint density at radius 2 is 0.962 bits per heavy atom. The zero-order valence-corrected chi connectivity index (χ0v) is 18.8. The Morgan fingerprint density at radius 1 is 0.577 bits per heavy atom. The number of hydrogen-bond donors (Lipinski definition) is 0. The van der Waals surface area contributed by atoms with Crippen LogP contribution in [-0.4, -0.2) is 0 Å². The molecular weight excluding hydrogens is 312 g/mol. The molecule has 1 aromatic carbocycles. The number of rotatable bonds is 14. The Kier molecular flexibility index (Phi) is 12.0. The van der Waals surface area contributed by atoms with Crippen LogP contribution in [0.25, 0.3) is 0 Å². The van der Waals surface area contributed by atoms with Gasteiger partial charge in [-0.1, -0.05) is 105 Å².